The van der Waals surface area contributed by atoms with Gasteiger partial charge in [-0.05, 0) is 57.0 Å². The van der Waals surface area contributed by atoms with E-state index >= 15 is 0 Å². The highest BCUT2D eigenvalue weighted by Gasteiger charge is 1.97. The van der Waals surface area contributed by atoms with E-state index in [-0.39, 0.29) is 0 Å². The topological polar surface area (TPSA) is 21.3 Å². The molecule has 0 fully saturated rings. The molecule has 0 heterocycles. The molecule has 0 spiro atoms. The lowest BCUT2D eigenvalue weighted by Crippen LogP contribution is -2.26. The van der Waals surface area contributed by atoms with E-state index in [1.807, 2.05) is 24.3 Å². The molecule has 0 unspecified atom stereocenters. The van der Waals surface area contributed by atoms with Gasteiger partial charge >= 0.3 is 0 Å². The van der Waals surface area contributed by atoms with Gasteiger partial charge in [-0.3, -0.25) is 0 Å². The molecule has 96 valence electrons. The Kier molecular flexibility index (Phi) is 7.29. The summed E-state index contributed by atoms with van der Waals surface area (Å²) < 4.78 is 6.73. The number of nitrogens with one attached hydrogen (secondary N) is 1. The normalized spacial score (nSPS) is 12.4. The van der Waals surface area contributed by atoms with Crippen LogP contribution in [0.1, 0.15) is 33.1 Å². The second-order valence-electron chi connectivity index (χ2n) is 4.27. The molecule has 0 saturated carbocycles. The first kappa shape index (κ1) is 14.5. The van der Waals surface area contributed by atoms with E-state index in [1.54, 1.807) is 0 Å². The molecule has 0 aromatic heterocycles. The van der Waals surface area contributed by atoms with Crippen molar-refractivity contribution in [3.63, 3.8) is 0 Å². The van der Waals surface area contributed by atoms with Crippen LogP contribution >= 0.6 is 15.9 Å². The van der Waals surface area contributed by atoms with Crippen LogP contribution in [-0.2, 0) is 0 Å². The molecule has 1 atom stereocenters. The van der Waals surface area contributed by atoms with Gasteiger partial charge in [0.1, 0.15) is 5.75 Å². The summed E-state index contributed by atoms with van der Waals surface area (Å²) in [5.41, 5.74) is 0. The van der Waals surface area contributed by atoms with Crippen LogP contribution in [-0.4, -0.2) is 19.2 Å². The quantitative estimate of drug-likeness (QED) is 0.733. The van der Waals surface area contributed by atoms with Crippen molar-refractivity contribution in [3.05, 3.63) is 28.7 Å². The minimum atomic E-state index is 0.627. The second-order valence-corrected chi connectivity index (χ2v) is 5.19. The summed E-state index contributed by atoms with van der Waals surface area (Å²) in [7, 11) is 0. The summed E-state index contributed by atoms with van der Waals surface area (Å²) in [6.45, 7) is 6.30. The van der Waals surface area contributed by atoms with Gasteiger partial charge in [0.15, 0.2) is 0 Å². The predicted molar refractivity (Wildman–Crippen MR) is 76.6 cm³/mol. The number of unbranched alkanes of at least 4 members (excludes halogenated alkanes) is 1. The maximum absolute atomic E-state index is 5.65. The number of halogens is 1. The lowest BCUT2D eigenvalue weighted by molar-refractivity contribution is 0.304. The van der Waals surface area contributed by atoms with Gasteiger partial charge in [-0.25, -0.2) is 0 Å². The summed E-state index contributed by atoms with van der Waals surface area (Å²) >= 11 is 3.40. The monoisotopic (exact) mass is 299 g/mol. The third-order valence-electron chi connectivity index (χ3n) is 2.76. The van der Waals surface area contributed by atoms with Crippen LogP contribution in [0.4, 0.5) is 0 Å². The Balaban J connectivity index is 2.02. The molecule has 0 bridgehead atoms. The zero-order valence-corrected chi connectivity index (χ0v) is 12.3. The highest BCUT2D eigenvalue weighted by Crippen LogP contribution is 2.16. The van der Waals surface area contributed by atoms with E-state index < -0.39 is 0 Å². The Morgan fingerprint density at radius 1 is 1.24 bits per heavy atom. The Labute approximate surface area is 113 Å². The molecule has 1 rings (SSSR count). The molecule has 0 saturated heterocycles. The zero-order valence-electron chi connectivity index (χ0n) is 10.7. The molecule has 0 aliphatic carbocycles. The second kappa shape index (κ2) is 8.54. The fraction of sp³-hybridized carbons (Fsp3) is 0.571. The highest BCUT2D eigenvalue weighted by molar-refractivity contribution is 9.10. The van der Waals surface area contributed by atoms with Gasteiger partial charge in [-0.1, -0.05) is 22.9 Å². The molecule has 0 aliphatic rings. The summed E-state index contributed by atoms with van der Waals surface area (Å²) in [6, 6.07) is 8.60. The number of hydrogen-bond donors (Lipinski definition) is 1. The Morgan fingerprint density at radius 2 is 1.94 bits per heavy atom. The molecular weight excluding hydrogens is 278 g/mol. The van der Waals surface area contributed by atoms with E-state index in [0.717, 1.165) is 29.8 Å². The number of benzene rings is 1. The van der Waals surface area contributed by atoms with Gasteiger partial charge in [-0.2, -0.15) is 0 Å². The minimum Gasteiger partial charge on any atom is -0.494 e. The fourth-order valence-electron chi connectivity index (χ4n) is 1.44. The molecule has 0 radical (unpaired) electrons. The highest BCUT2D eigenvalue weighted by atomic mass is 79.9. The average molecular weight is 300 g/mol. The number of hydrogen-bond acceptors (Lipinski definition) is 2. The molecule has 0 aliphatic heterocycles. The lowest BCUT2D eigenvalue weighted by Gasteiger charge is -2.11. The van der Waals surface area contributed by atoms with E-state index in [9.17, 15) is 0 Å². The predicted octanol–water partition coefficient (Wildman–Crippen LogP) is 4.00. The Hall–Kier alpha value is -0.540. The van der Waals surface area contributed by atoms with Crippen molar-refractivity contribution in [2.24, 2.45) is 0 Å². The third-order valence-corrected chi connectivity index (χ3v) is 3.29. The largest absolute Gasteiger partial charge is 0.494 e. The Morgan fingerprint density at radius 3 is 2.59 bits per heavy atom. The average Bonchev–Trinajstić information content (AvgIpc) is 2.35. The van der Waals surface area contributed by atoms with E-state index in [0.29, 0.717) is 6.04 Å². The van der Waals surface area contributed by atoms with Crippen LogP contribution in [0.15, 0.2) is 28.7 Å². The van der Waals surface area contributed by atoms with Crippen LogP contribution in [0.5, 0.6) is 5.75 Å². The van der Waals surface area contributed by atoms with Crippen LogP contribution in [0, 0.1) is 0 Å². The van der Waals surface area contributed by atoms with Crippen molar-refractivity contribution in [1.29, 1.82) is 0 Å². The van der Waals surface area contributed by atoms with E-state index in [1.165, 1.54) is 12.8 Å². The molecule has 3 heteroatoms. The lowest BCUT2D eigenvalue weighted by atomic mass is 10.2. The summed E-state index contributed by atoms with van der Waals surface area (Å²) in [6.07, 6.45) is 3.45. The van der Waals surface area contributed by atoms with Gasteiger partial charge in [0.2, 0.25) is 0 Å². The SMILES string of the molecule is CC[C@H](C)NCCCCOc1ccc(Br)cc1. The van der Waals surface area contributed by atoms with Gasteiger partial charge in [0.25, 0.3) is 0 Å². The van der Waals surface area contributed by atoms with Crippen LogP contribution < -0.4 is 10.1 Å². The number of ether oxygens (including phenoxy) is 1. The van der Waals surface area contributed by atoms with Crippen molar-refractivity contribution >= 4 is 15.9 Å². The number of rotatable bonds is 8. The smallest absolute Gasteiger partial charge is 0.119 e. The van der Waals surface area contributed by atoms with Crippen molar-refractivity contribution in [2.45, 2.75) is 39.2 Å². The first-order valence-electron chi connectivity index (χ1n) is 6.34. The van der Waals surface area contributed by atoms with Gasteiger partial charge in [0.05, 0.1) is 6.61 Å². The third kappa shape index (κ3) is 6.69. The van der Waals surface area contributed by atoms with Gasteiger partial charge in [-0.15, -0.1) is 0 Å². The summed E-state index contributed by atoms with van der Waals surface area (Å²) in [5.74, 6) is 0.947. The standard InChI is InChI=1S/C14H22BrNO/c1-3-12(2)16-10-4-5-11-17-14-8-6-13(15)7-9-14/h6-9,12,16H,3-5,10-11H2,1-2H3/t12-/m0/s1. The molecule has 1 aromatic rings. The van der Waals surface area contributed by atoms with Gasteiger partial charge < -0.3 is 10.1 Å². The maximum Gasteiger partial charge on any atom is 0.119 e. The molecule has 0 amide bonds. The fourth-order valence-corrected chi connectivity index (χ4v) is 1.71. The van der Waals surface area contributed by atoms with Crippen molar-refractivity contribution < 1.29 is 4.74 Å². The first-order chi connectivity index (χ1) is 8.22. The zero-order chi connectivity index (χ0) is 12.5. The summed E-state index contributed by atoms with van der Waals surface area (Å²) in [4.78, 5) is 0. The minimum absolute atomic E-state index is 0.627. The van der Waals surface area contributed by atoms with Gasteiger partial charge in [0, 0.05) is 10.5 Å². The molecule has 1 N–H and O–H groups in total. The van der Waals surface area contributed by atoms with E-state index in [4.69, 9.17) is 4.74 Å². The van der Waals surface area contributed by atoms with Crippen molar-refractivity contribution in [3.8, 4) is 5.75 Å². The van der Waals surface area contributed by atoms with Crippen molar-refractivity contribution in [2.75, 3.05) is 13.2 Å². The first-order valence-corrected chi connectivity index (χ1v) is 7.13. The van der Waals surface area contributed by atoms with Crippen LogP contribution in [0.25, 0.3) is 0 Å². The molecule has 2 nitrogen and oxygen atoms in total. The van der Waals surface area contributed by atoms with E-state index in [2.05, 4.69) is 35.1 Å². The summed E-state index contributed by atoms with van der Waals surface area (Å²) in [5, 5.41) is 3.48. The Bertz CT molecular complexity index is 300. The van der Waals surface area contributed by atoms with Crippen LogP contribution in [0.3, 0.4) is 0 Å². The van der Waals surface area contributed by atoms with Crippen molar-refractivity contribution in [1.82, 2.24) is 5.32 Å². The molecule has 1 aromatic carbocycles. The maximum atomic E-state index is 5.65. The van der Waals surface area contributed by atoms with Crippen LogP contribution in [0.2, 0.25) is 0 Å². The molecular formula is C14H22BrNO. The molecule has 17 heavy (non-hydrogen) atoms.